The van der Waals surface area contributed by atoms with E-state index in [1.165, 1.54) is 0 Å². The SMILES string of the molecule is Cl.O=C(NC1CCNCC1)c1ccc(-c2ccccc2)[nH]c1=O. The molecule has 1 aromatic heterocycles. The molecule has 3 N–H and O–H groups in total. The third kappa shape index (κ3) is 4.21. The first kappa shape index (κ1) is 17.2. The number of carbonyl (C=O) groups is 1. The first-order valence-electron chi connectivity index (χ1n) is 7.54. The van der Waals surface area contributed by atoms with Crippen molar-refractivity contribution in [3.8, 4) is 11.3 Å². The smallest absolute Gasteiger partial charge is 0.261 e. The molecule has 1 aliphatic rings. The quantitative estimate of drug-likeness (QED) is 0.803. The second-order valence-electron chi connectivity index (χ2n) is 5.48. The van der Waals surface area contributed by atoms with E-state index in [0.717, 1.165) is 31.5 Å². The molecule has 1 amide bonds. The number of hydrogen-bond donors (Lipinski definition) is 3. The second-order valence-corrected chi connectivity index (χ2v) is 5.48. The fourth-order valence-corrected chi connectivity index (χ4v) is 2.67. The zero-order valence-electron chi connectivity index (χ0n) is 12.7. The second kappa shape index (κ2) is 7.94. The van der Waals surface area contributed by atoms with Gasteiger partial charge >= 0.3 is 0 Å². The Hall–Kier alpha value is -2.11. The average molecular weight is 334 g/mol. The standard InChI is InChI=1S/C17H19N3O2.ClH/c21-16(19-13-8-10-18-11-9-13)14-6-7-15(20-17(14)22)12-4-2-1-3-5-12;/h1-7,13,18H,8-11H2,(H,19,21)(H,20,22);1H. The third-order valence-corrected chi connectivity index (χ3v) is 3.91. The van der Waals surface area contributed by atoms with Crippen LogP contribution >= 0.6 is 12.4 Å². The highest BCUT2D eigenvalue weighted by molar-refractivity contribution is 5.94. The van der Waals surface area contributed by atoms with Crippen molar-refractivity contribution in [2.75, 3.05) is 13.1 Å². The predicted molar refractivity (Wildman–Crippen MR) is 93.1 cm³/mol. The van der Waals surface area contributed by atoms with E-state index in [4.69, 9.17) is 0 Å². The Bertz CT molecular complexity index is 709. The monoisotopic (exact) mass is 333 g/mol. The van der Waals surface area contributed by atoms with Crippen LogP contribution in [0, 0.1) is 0 Å². The summed E-state index contributed by atoms with van der Waals surface area (Å²) in [6, 6.07) is 13.1. The molecule has 0 radical (unpaired) electrons. The van der Waals surface area contributed by atoms with Gasteiger partial charge in [-0.3, -0.25) is 9.59 Å². The summed E-state index contributed by atoms with van der Waals surface area (Å²) in [6.45, 7) is 1.79. The van der Waals surface area contributed by atoms with Crippen LogP contribution in [0.5, 0.6) is 0 Å². The van der Waals surface area contributed by atoms with Gasteiger partial charge in [0.1, 0.15) is 5.56 Å². The Kier molecular flexibility index (Phi) is 5.96. The van der Waals surface area contributed by atoms with Crippen LogP contribution in [-0.2, 0) is 0 Å². The maximum absolute atomic E-state index is 12.2. The molecule has 6 heteroatoms. The number of carbonyl (C=O) groups excluding carboxylic acids is 1. The summed E-state index contributed by atoms with van der Waals surface area (Å²) in [4.78, 5) is 27.2. The zero-order chi connectivity index (χ0) is 15.4. The maximum Gasteiger partial charge on any atom is 0.261 e. The maximum atomic E-state index is 12.2. The van der Waals surface area contributed by atoms with Crippen molar-refractivity contribution >= 4 is 18.3 Å². The summed E-state index contributed by atoms with van der Waals surface area (Å²) in [5, 5.41) is 6.18. The van der Waals surface area contributed by atoms with E-state index in [9.17, 15) is 9.59 Å². The molecular formula is C17H20ClN3O2. The van der Waals surface area contributed by atoms with Crippen LogP contribution in [0.15, 0.2) is 47.3 Å². The molecule has 2 heterocycles. The number of benzene rings is 1. The minimum absolute atomic E-state index is 0. The van der Waals surface area contributed by atoms with E-state index in [2.05, 4.69) is 15.6 Å². The van der Waals surface area contributed by atoms with Gasteiger partial charge in [-0.15, -0.1) is 12.4 Å². The summed E-state index contributed by atoms with van der Waals surface area (Å²) < 4.78 is 0. The van der Waals surface area contributed by atoms with E-state index < -0.39 is 0 Å². The molecule has 0 bridgehead atoms. The van der Waals surface area contributed by atoms with Crippen molar-refractivity contribution < 1.29 is 4.79 Å². The molecule has 0 unspecified atom stereocenters. The molecule has 0 atom stereocenters. The van der Waals surface area contributed by atoms with Crippen molar-refractivity contribution in [3.05, 3.63) is 58.4 Å². The fourth-order valence-electron chi connectivity index (χ4n) is 2.67. The van der Waals surface area contributed by atoms with Gasteiger partial charge in [0.25, 0.3) is 11.5 Å². The van der Waals surface area contributed by atoms with Crippen LogP contribution in [0.1, 0.15) is 23.2 Å². The minimum Gasteiger partial charge on any atom is -0.349 e. The first-order chi connectivity index (χ1) is 10.7. The van der Waals surface area contributed by atoms with Gasteiger partial charge in [0.2, 0.25) is 0 Å². The van der Waals surface area contributed by atoms with Gasteiger partial charge in [-0.1, -0.05) is 30.3 Å². The van der Waals surface area contributed by atoms with Crippen molar-refractivity contribution in [2.45, 2.75) is 18.9 Å². The highest BCUT2D eigenvalue weighted by Crippen LogP contribution is 2.14. The average Bonchev–Trinajstić information content (AvgIpc) is 2.56. The molecule has 5 nitrogen and oxygen atoms in total. The number of H-pyrrole nitrogens is 1. The number of aromatic nitrogens is 1. The number of halogens is 1. The topological polar surface area (TPSA) is 74.0 Å². The lowest BCUT2D eigenvalue weighted by atomic mass is 10.1. The number of piperidine rings is 1. The molecule has 1 aromatic carbocycles. The van der Waals surface area contributed by atoms with Crippen molar-refractivity contribution in [1.82, 2.24) is 15.6 Å². The number of nitrogens with one attached hydrogen (secondary N) is 3. The summed E-state index contributed by atoms with van der Waals surface area (Å²) in [6.07, 6.45) is 1.79. The van der Waals surface area contributed by atoms with Gasteiger partial charge in [0, 0.05) is 11.7 Å². The summed E-state index contributed by atoms with van der Waals surface area (Å²) in [7, 11) is 0. The highest BCUT2D eigenvalue weighted by atomic mass is 35.5. The molecule has 1 aliphatic heterocycles. The summed E-state index contributed by atoms with van der Waals surface area (Å²) in [5.41, 5.74) is 1.44. The predicted octanol–water partition coefficient (Wildman–Crippen LogP) is 1.95. The molecule has 122 valence electrons. The van der Waals surface area contributed by atoms with E-state index in [0.29, 0.717) is 5.69 Å². The number of amides is 1. The van der Waals surface area contributed by atoms with E-state index in [1.54, 1.807) is 12.1 Å². The molecule has 0 saturated carbocycles. The van der Waals surface area contributed by atoms with Gasteiger partial charge in [-0.2, -0.15) is 0 Å². The summed E-state index contributed by atoms with van der Waals surface area (Å²) >= 11 is 0. The van der Waals surface area contributed by atoms with Crippen molar-refractivity contribution in [1.29, 1.82) is 0 Å². The van der Waals surface area contributed by atoms with Gasteiger partial charge in [0.05, 0.1) is 0 Å². The van der Waals surface area contributed by atoms with Crippen LogP contribution in [0.4, 0.5) is 0 Å². The normalized spacial score (nSPS) is 14.8. The van der Waals surface area contributed by atoms with Crippen molar-refractivity contribution in [3.63, 3.8) is 0 Å². The van der Waals surface area contributed by atoms with E-state index in [-0.39, 0.29) is 35.5 Å². The Morgan fingerprint density at radius 3 is 2.39 bits per heavy atom. The number of aromatic amines is 1. The summed E-state index contributed by atoms with van der Waals surface area (Å²) in [5.74, 6) is -0.298. The zero-order valence-corrected chi connectivity index (χ0v) is 13.5. The lowest BCUT2D eigenvalue weighted by molar-refractivity contribution is 0.0928. The first-order valence-corrected chi connectivity index (χ1v) is 7.54. The minimum atomic E-state index is -0.354. The number of pyridine rings is 1. The molecule has 1 saturated heterocycles. The Labute approximate surface area is 140 Å². The van der Waals surface area contributed by atoms with Crippen LogP contribution in [0.3, 0.4) is 0 Å². The van der Waals surface area contributed by atoms with E-state index >= 15 is 0 Å². The lowest BCUT2D eigenvalue weighted by Gasteiger charge is -2.23. The van der Waals surface area contributed by atoms with Gasteiger partial charge in [-0.05, 0) is 43.6 Å². The number of hydrogen-bond acceptors (Lipinski definition) is 3. The van der Waals surface area contributed by atoms with Crippen molar-refractivity contribution in [2.24, 2.45) is 0 Å². The molecule has 23 heavy (non-hydrogen) atoms. The molecular weight excluding hydrogens is 314 g/mol. The van der Waals surface area contributed by atoms with Crippen LogP contribution < -0.4 is 16.2 Å². The molecule has 1 fully saturated rings. The largest absolute Gasteiger partial charge is 0.349 e. The molecule has 0 spiro atoms. The molecule has 0 aliphatic carbocycles. The number of rotatable bonds is 3. The van der Waals surface area contributed by atoms with E-state index in [1.807, 2.05) is 30.3 Å². The molecule has 3 rings (SSSR count). The van der Waals surface area contributed by atoms with Crippen LogP contribution in [0.2, 0.25) is 0 Å². The van der Waals surface area contributed by atoms with Gasteiger partial charge in [0.15, 0.2) is 0 Å². The lowest BCUT2D eigenvalue weighted by Crippen LogP contribution is -2.43. The van der Waals surface area contributed by atoms with Gasteiger partial charge in [-0.25, -0.2) is 0 Å². The van der Waals surface area contributed by atoms with Gasteiger partial charge < -0.3 is 15.6 Å². The molecule has 2 aromatic rings. The van der Waals surface area contributed by atoms with Crippen LogP contribution in [-0.4, -0.2) is 30.0 Å². The van der Waals surface area contributed by atoms with Crippen LogP contribution in [0.25, 0.3) is 11.3 Å². The third-order valence-electron chi connectivity index (χ3n) is 3.91. The fraction of sp³-hybridized carbons (Fsp3) is 0.294. The Balaban J connectivity index is 0.00000192. The Morgan fingerprint density at radius 2 is 1.74 bits per heavy atom. The Morgan fingerprint density at radius 1 is 1.04 bits per heavy atom. The highest BCUT2D eigenvalue weighted by Gasteiger charge is 2.18.